The predicted molar refractivity (Wildman–Crippen MR) is 127 cm³/mol. The molecule has 1 aliphatic rings. The number of carbonyl (C=O) groups excluding carboxylic acids is 1. The number of rotatable bonds is 9. The molecule has 1 saturated heterocycles. The first-order chi connectivity index (χ1) is 14.9. The average Bonchev–Trinajstić information content (AvgIpc) is 2.75. The standard InChI is InChI=1S/C23H32ClN3O3S/c1-4-18-8-5-6-11-26(18)21(28)15-31-23-25-20-14-17(24)9-10-19(20)22(29)27(23)12-7-13-30-16(2)3/h9-10,14,16,18H,4-8,11-13,15H2,1-3H3. The van der Waals surface area contributed by atoms with E-state index in [1.54, 1.807) is 22.8 Å². The van der Waals surface area contributed by atoms with Crippen molar-refractivity contribution >= 4 is 40.2 Å². The molecule has 0 aliphatic carbocycles. The molecule has 8 heteroatoms. The number of ether oxygens (including phenoxy) is 1. The molecule has 3 rings (SSSR count). The highest BCUT2D eigenvalue weighted by Crippen LogP contribution is 2.24. The van der Waals surface area contributed by atoms with E-state index in [-0.39, 0.29) is 23.3 Å². The van der Waals surface area contributed by atoms with Gasteiger partial charge in [-0.25, -0.2) is 4.98 Å². The van der Waals surface area contributed by atoms with Crippen LogP contribution in [0.5, 0.6) is 0 Å². The molecule has 170 valence electrons. The van der Waals surface area contributed by atoms with Crippen molar-refractivity contribution in [2.24, 2.45) is 0 Å². The van der Waals surface area contributed by atoms with E-state index in [1.165, 1.54) is 18.2 Å². The number of piperidine rings is 1. The molecule has 31 heavy (non-hydrogen) atoms. The second-order valence-corrected chi connectivity index (χ2v) is 9.60. The molecule has 0 spiro atoms. The quantitative estimate of drug-likeness (QED) is 0.304. The van der Waals surface area contributed by atoms with Crippen LogP contribution in [0.1, 0.15) is 52.9 Å². The number of thioether (sulfide) groups is 1. The summed E-state index contributed by atoms with van der Waals surface area (Å²) in [5.41, 5.74) is 0.456. The van der Waals surface area contributed by atoms with Gasteiger partial charge in [0.1, 0.15) is 0 Å². The van der Waals surface area contributed by atoms with E-state index in [9.17, 15) is 9.59 Å². The SMILES string of the molecule is CCC1CCCCN1C(=O)CSc1nc2cc(Cl)ccc2c(=O)n1CCCOC(C)C. The molecule has 1 fully saturated rings. The van der Waals surface area contributed by atoms with Gasteiger partial charge in [-0.2, -0.15) is 0 Å². The number of carbonyl (C=O) groups is 1. The molecule has 1 amide bonds. The van der Waals surface area contributed by atoms with Gasteiger partial charge < -0.3 is 9.64 Å². The Bertz CT molecular complexity index is 963. The van der Waals surface area contributed by atoms with Gasteiger partial charge in [-0.05, 0) is 64.2 Å². The molecular weight excluding hydrogens is 434 g/mol. The first kappa shape index (κ1) is 24.1. The molecule has 1 aromatic carbocycles. The molecule has 1 unspecified atom stereocenters. The highest BCUT2D eigenvalue weighted by molar-refractivity contribution is 7.99. The van der Waals surface area contributed by atoms with Crippen LogP contribution < -0.4 is 5.56 Å². The van der Waals surface area contributed by atoms with Crippen molar-refractivity contribution in [3.63, 3.8) is 0 Å². The summed E-state index contributed by atoms with van der Waals surface area (Å²) in [6.07, 6.45) is 5.13. The Labute approximate surface area is 193 Å². The monoisotopic (exact) mass is 465 g/mol. The van der Waals surface area contributed by atoms with E-state index in [2.05, 4.69) is 6.92 Å². The highest BCUT2D eigenvalue weighted by atomic mass is 35.5. The largest absolute Gasteiger partial charge is 0.379 e. The second kappa shape index (κ2) is 11.3. The summed E-state index contributed by atoms with van der Waals surface area (Å²) in [7, 11) is 0. The maximum absolute atomic E-state index is 13.2. The van der Waals surface area contributed by atoms with Crippen molar-refractivity contribution in [1.82, 2.24) is 14.5 Å². The number of aromatic nitrogens is 2. The minimum Gasteiger partial charge on any atom is -0.379 e. The molecule has 0 N–H and O–H groups in total. The average molecular weight is 466 g/mol. The van der Waals surface area contributed by atoms with Crippen LogP contribution >= 0.6 is 23.4 Å². The summed E-state index contributed by atoms with van der Waals surface area (Å²) in [6.45, 7) is 7.99. The van der Waals surface area contributed by atoms with Crippen LogP contribution in [0.2, 0.25) is 5.02 Å². The van der Waals surface area contributed by atoms with Crippen molar-refractivity contribution in [2.45, 2.75) is 76.7 Å². The fraction of sp³-hybridized carbons (Fsp3) is 0.609. The number of nitrogens with zero attached hydrogens (tertiary/aromatic N) is 3. The predicted octanol–water partition coefficient (Wildman–Crippen LogP) is 4.75. The van der Waals surface area contributed by atoms with Crippen molar-refractivity contribution in [1.29, 1.82) is 0 Å². The smallest absolute Gasteiger partial charge is 0.262 e. The summed E-state index contributed by atoms with van der Waals surface area (Å²) in [5, 5.41) is 1.63. The van der Waals surface area contributed by atoms with Crippen LogP contribution in [-0.4, -0.2) is 51.4 Å². The van der Waals surface area contributed by atoms with E-state index in [1.807, 2.05) is 18.7 Å². The molecular formula is C23H32ClN3O3S. The second-order valence-electron chi connectivity index (χ2n) is 8.22. The molecule has 1 aliphatic heterocycles. The van der Waals surface area contributed by atoms with Gasteiger partial charge in [-0.3, -0.25) is 14.2 Å². The minimum atomic E-state index is -0.106. The Morgan fingerprint density at radius 1 is 1.35 bits per heavy atom. The van der Waals surface area contributed by atoms with Crippen LogP contribution in [-0.2, 0) is 16.1 Å². The van der Waals surface area contributed by atoms with Gasteiger partial charge in [-0.15, -0.1) is 0 Å². The number of hydrogen-bond acceptors (Lipinski definition) is 5. The fourth-order valence-corrected chi connectivity index (χ4v) is 5.06. The molecule has 2 aromatic rings. The lowest BCUT2D eigenvalue weighted by molar-refractivity contribution is -0.132. The number of fused-ring (bicyclic) bond motifs is 1. The number of likely N-dealkylation sites (tertiary alicyclic amines) is 1. The van der Waals surface area contributed by atoms with Crippen LogP contribution in [0.15, 0.2) is 28.2 Å². The Morgan fingerprint density at radius 3 is 2.90 bits per heavy atom. The summed E-state index contributed by atoms with van der Waals surface area (Å²) in [4.78, 5) is 32.8. The zero-order valence-corrected chi connectivity index (χ0v) is 20.2. The minimum absolute atomic E-state index is 0.106. The molecule has 1 atom stereocenters. The summed E-state index contributed by atoms with van der Waals surface area (Å²) in [5.74, 6) is 0.393. The number of amides is 1. The van der Waals surface area contributed by atoms with Crippen molar-refractivity contribution in [3.8, 4) is 0 Å². The van der Waals surface area contributed by atoms with Gasteiger partial charge >= 0.3 is 0 Å². The van der Waals surface area contributed by atoms with Gasteiger partial charge in [0, 0.05) is 30.8 Å². The van der Waals surface area contributed by atoms with E-state index < -0.39 is 0 Å². The molecule has 0 saturated carbocycles. The first-order valence-electron chi connectivity index (χ1n) is 11.1. The third-order valence-electron chi connectivity index (χ3n) is 5.60. The summed E-state index contributed by atoms with van der Waals surface area (Å²) >= 11 is 7.46. The summed E-state index contributed by atoms with van der Waals surface area (Å²) in [6, 6.07) is 5.44. The van der Waals surface area contributed by atoms with Crippen LogP contribution in [0.4, 0.5) is 0 Å². The lowest BCUT2D eigenvalue weighted by Crippen LogP contribution is -2.44. The van der Waals surface area contributed by atoms with E-state index in [0.29, 0.717) is 46.7 Å². The highest BCUT2D eigenvalue weighted by Gasteiger charge is 2.25. The molecule has 1 aromatic heterocycles. The molecule has 6 nitrogen and oxygen atoms in total. The van der Waals surface area contributed by atoms with Gasteiger partial charge in [0.25, 0.3) is 5.56 Å². The molecule has 0 radical (unpaired) electrons. The third-order valence-corrected chi connectivity index (χ3v) is 6.80. The van der Waals surface area contributed by atoms with Crippen molar-refractivity contribution in [2.75, 3.05) is 18.9 Å². The van der Waals surface area contributed by atoms with Crippen molar-refractivity contribution in [3.05, 3.63) is 33.6 Å². The van der Waals surface area contributed by atoms with Crippen LogP contribution in [0.25, 0.3) is 10.9 Å². The van der Waals surface area contributed by atoms with Crippen LogP contribution in [0.3, 0.4) is 0 Å². The Balaban J connectivity index is 1.81. The Kier molecular flexibility index (Phi) is 8.81. The zero-order chi connectivity index (χ0) is 22.4. The van der Waals surface area contributed by atoms with E-state index in [0.717, 1.165) is 25.8 Å². The molecule has 2 heterocycles. The maximum atomic E-state index is 13.2. The van der Waals surface area contributed by atoms with Crippen LogP contribution in [0, 0.1) is 0 Å². The zero-order valence-electron chi connectivity index (χ0n) is 18.6. The Hall–Kier alpha value is -1.57. The Morgan fingerprint density at radius 2 is 2.16 bits per heavy atom. The third kappa shape index (κ3) is 6.24. The molecule has 0 bridgehead atoms. The van der Waals surface area contributed by atoms with E-state index >= 15 is 0 Å². The number of halogens is 1. The fourth-order valence-electron chi connectivity index (χ4n) is 3.99. The number of benzene rings is 1. The summed E-state index contributed by atoms with van der Waals surface area (Å²) < 4.78 is 7.30. The number of hydrogen-bond donors (Lipinski definition) is 0. The topological polar surface area (TPSA) is 64.4 Å². The van der Waals surface area contributed by atoms with E-state index in [4.69, 9.17) is 21.3 Å². The van der Waals surface area contributed by atoms with Gasteiger partial charge in [0.2, 0.25) is 5.91 Å². The van der Waals surface area contributed by atoms with Gasteiger partial charge in [-0.1, -0.05) is 30.3 Å². The van der Waals surface area contributed by atoms with Gasteiger partial charge in [0.05, 0.1) is 22.8 Å². The lowest BCUT2D eigenvalue weighted by Gasteiger charge is -2.35. The maximum Gasteiger partial charge on any atom is 0.262 e. The van der Waals surface area contributed by atoms with Gasteiger partial charge in [0.15, 0.2) is 5.16 Å². The normalized spacial score (nSPS) is 16.9. The lowest BCUT2D eigenvalue weighted by atomic mass is 10.0. The van der Waals surface area contributed by atoms with Crippen molar-refractivity contribution < 1.29 is 9.53 Å². The first-order valence-corrected chi connectivity index (χ1v) is 12.5.